The molecule has 4 rings (SSSR count). The van der Waals surface area contributed by atoms with Crippen LogP contribution in [-0.2, 0) is 17.8 Å². The van der Waals surface area contributed by atoms with Crippen molar-refractivity contribution in [3.8, 4) is 0 Å². The molecule has 1 N–H and O–H groups in total. The summed E-state index contributed by atoms with van der Waals surface area (Å²) >= 11 is 0. The van der Waals surface area contributed by atoms with Crippen molar-refractivity contribution in [3.05, 3.63) is 35.5 Å². The summed E-state index contributed by atoms with van der Waals surface area (Å²) in [6, 6.07) is 8.46. The highest BCUT2D eigenvalue weighted by molar-refractivity contribution is 8.77. The molecule has 24 heavy (non-hydrogen) atoms. The van der Waals surface area contributed by atoms with Crippen LogP contribution in [0.5, 0.6) is 0 Å². The summed E-state index contributed by atoms with van der Waals surface area (Å²) in [5.74, 6) is 1.63. The molecular formula is C19H24N2OS2. The van der Waals surface area contributed by atoms with Gasteiger partial charge in [0.15, 0.2) is 0 Å². The molecule has 2 aliphatic rings. The molecule has 3 nitrogen and oxygen atoms in total. The predicted molar refractivity (Wildman–Crippen MR) is 104 cm³/mol. The van der Waals surface area contributed by atoms with Gasteiger partial charge in [-0.15, -0.1) is 0 Å². The first-order chi connectivity index (χ1) is 11.8. The molecule has 0 aliphatic carbocycles. The van der Waals surface area contributed by atoms with E-state index in [1.807, 2.05) is 26.5 Å². The van der Waals surface area contributed by atoms with Crippen LogP contribution in [0.4, 0.5) is 0 Å². The van der Waals surface area contributed by atoms with E-state index in [-0.39, 0.29) is 0 Å². The molecule has 1 aromatic carbocycles. The highest BCUT2D eigenvalue weighted by atomic mass is 33.1. The number of unbranched alkanes of at least 4 members (excludes halogenated alkanes) is 1. The number of carbonyl (C=O) groups is 1. The van der Waals surface area contributed by atoms with Gasteiger partial charge in [0.25, 0.3) is 0 Å². The standard InChI is InChI=1S/C19H24N2OS2/c22-19(8-4-1-5-14-10-12-23-24-14)21-11-9-16-15-6-2-3-7-17(15)20-18(16)13-21/h2-3,6-7,14,20H,1,4-5,8-13H2/t14-/m1/s1. The van der Waals surface area contributed by atoms with Crippen LogP contribution in [-0.4, -0.2) is 33.3 Å². The Hall–Kier alpha value is -1.07. The second kappa shape index (κ2) is 7.44. The number of amides is 1. The van der Waals surface area contributed by atoms with Crippen LogP contribution >= 0.6 is 21.6 Å². The SMILES string of the molecule is O=C(CCCC[C@@H]1CCSS1)N1CCc2c([nH]c3ccccc23)C1. The molecule has 1 amide bonds. The van der Waals surface area contributed by atoms with E-state index in [1.165, 1.54) is 47.2 Å². The van der Waals surface area contributed by atoms with E-state index in [9.17, 15) is 4.79 Å². The van der Waals surface area contributed by atoms with Crippen LogP contribution in [0.15, 0.2) is 24.3 Å². The van der Waals surface area contributed by atoms with Crippen molar-refractivity contribution in [1.29, 1.82) is 0 Å². The first-order valence-electron chi connectivity index (χ1n) is 8.96. The number of hydrogen-bond donors (Lipinski definition) is 1. The Balaban J connectivity index is 1.30. The fourth-order valence-electron chi connectivity index (χ4n) is 3.78. The zero-order valence-corrected chi connectivity index (χ0v) is 15.6. The van der Waals surface area contributed by atoms with Crippen molar-refractivity contribution in [1.82, 2.24) is 9.88 Å². The number of rotatable bonds is 5. The minimum atomic E-state index is 0.327. The topological polar surface area (TPSA) is 36.1 Å². The van der Waals surface area contributed by atoms with E-state index >= 15 is 0 Å². The van der Waals surface area contributed by atoms with Crippen LogP contribution in [0.3, 0.4) is 0 Å². The molecule has 2 aliphatic heterocycles. The molecule has 1 aromatic heterocycles. The number of nitrogens with zero attached hydrogens (tertiary/aromatic N) is 1. The van der Waals surface area contributed by atoms with Gasteiger partial charge in [0.05, 0.1) is 6.54 Å². The number of hydrogen-bond acceptors (Lipinski definition) is 3. The number of aromatic nitrogens is 1. The minimum absolute atomic E-state index is 0.327. The third kappa shape index (κ3) is 3.47. The molecule has 0 unspecified atom stereocenters. The van der Waals surface area contributed by atoms with E-state index in [0.717, 1.165) is 31.2 Å². The van der Waals surface area contributed by atoms with Crippen LogP contribution in [0.25, 0.3) is 10.9 Å². The van der Waals surface area contributed by atoms with Gasteiger partial charge in [-0.2, -0.15) is 0 Å². The summed E-state index contributed by atoms with van der Waals surface area (Å²) in [6.45, 7) is 1.61. The Labute approximate surface area is 151 Å². The molecule has 1 saturated heterocycles. The summed E-state index contributed by atoms with van der Waals surface area (Å²) in [6.07, 6.45) is 6.53. The fraction of sp³-hybridized carbons (Fsp3) is 0.526. The lowest BCUT2D eigenvalue weighted by Crippen LogP contribution is -2.35. The number of aromatic amines is 1. The van der Waals surface area contributed by atoms with Crippen molar-refractivity contribution >= 4 is 38.4 Å². The van der Waals surface area contributed by atoms with Gasteiger partial charge in [-0.1, -0.05) is 46.2 Å². The van der Waals surface area contributed by atoms with Crippen molar-refractivity contribution < 1.29 is 4.79 Å². The Morgan fingerprint density at radius 1 is 1.29 bits per heavy atom. The van der Waals surface area contributed by atoms with Crippen LogP contribution in [0, 0.1) is 0 Å². The molecule has 0 saturated carbocycles. The maximum atomic E-state index is 12.5. The van der Waals surface area contributed by atoms with Gasteiger partial charge in [-0.3, -0.25) is 4.79 Å². The maximum Gasteiger partial charge on any atom is 0.222 e. The monoisotopic (exact) mass is 360 g/mol. The average molecular weight is 361 g/mol. The zero-order valence-electron chi connectivity index (χ0n) is 13.9. The van der Waals surface area contributed by atoms with Crippen molar-refractivity contribution in [2.45, 2.75) is 50.3 Å². The van der Waals surface area contributed by atoms with E-state index in [4.69, 9.17) is 0 Å². The Kier molecular flexibility index (Phi) is 5.09. The lowest BCUT2D eigenvalue weighted by atomic mass is 10.0. The van der Waals surface area contributed by atoms with Crippen molar-refractivity contribution in [3.63, 3.8) is 0 Å². The number of fused-ring (bicyclic) bond motifs is 3. The molecule has 0 spiro atoms. The van der Waals surface area contributed by atoms with Crippen LogP contribution < -0.4 is 0 Å². The smallest absolute Gasteiger partial charge is 0.222 e. The molecule has 0 radical (unpaired) electrons. The van der Waals surface area contributed by atoms with Crippen molar-refractivity contribution in [2.24, 2.45) is 0 Å². The quantitative estimate of drug-likeness (QED) is 0.616. The van der Waals surface area contributed by atoms with Gasteiger partial charge < -0.3 is 9.88 Å². The van der Waals surface area contributed by atoms with Crippen molar-refractivity contribution in [2.75, 3.05) is 12.3 Å². The summed E-state index contributed by atoms with van der Waals surface area (Å²) < 4.78 is 0. The Bertz CT molecular complexity index is 721. The molecule has 0 bridgehead atoms. The van der Waals surface area contributed by atoms with Gasteiger partial charge in [0.2, 0.25) is 5.91 Å². The zero-order chi connectivity index (χ0) is 16.4. The predicted octanol–water partition coefficient (Wildman–Crippen LogP) is 4.77. The molecule has 128 valence electrons. The average Bonchev–Trinajstić information content (AvgIpc) is 3.25. The first kappa shape index (κ1) is 16.4. The molecule has 2 aromatic rings. The summed E-state index contributed by atoms with van der Waals surface area (Å²) in [7, 11) is 4.04. The highest BCUT2D eigenvalue weighted by Gasteiger charge is 2.23. The minimum Gasteiger partial charge on any atom is -0.357 e. The number of para-hydroxylation sites is 1. The van der Waals surface area contributed by atoms with Crippen LogP contribution in [0.1, 0.15) is 43.4 Å². The fourth-order valence-corrected chi connectivity index (χ4v) is 6.80. The third-order valence-electron chi connectivity index (χ3n) is 5.13. The molecule has 1 atom stereocenters. The first-order valence-corrected chi connectivity index (χ1v) is 11.3. The number of carbonyl (C=O) groups excluding carboxylic acids is 1. The molecule has 5 heteroatoms. The number of benzene rings is 1. The number of nitrogens with one attached hydrogen (secondary N) is 1. The number of H-pyrrole nitrogens is 1. The largest absolute Gasteiger partial charge is 0.357 e. The Morgan fingerprint density at radius 3 is 3.08 bits per heavy atom. The lowest BCUT2D eigenvalue weighted by Gasteiger charge is -2.27. The van der Waals surface area contributed by atoms with Crippen LogP contribution in [0.2, 0.25) is 0 Å². The van der Waals surface area contributed by atoms with Gasteiger partial charge in [-0.05, 0) is 37.3 Å². The molecule has 3 heterocycles. The van der Waals surface area contributed by atoms with Gasteiger partial charge >= 0.3 is 0 Å². The summed E-state index contributed by atoms with van der Waals surface area (Å²) in [4.78, 5) is 18.1. The lowest BCUT2D eigenvalue weighted by molar-refractivity contribution is -0.132. The normalized spacial score (nSPS) is 20.5. The van der Waals surface area contributed by atoms with Gasteiger partial charge in [0.1, 0.15) is 0 Å². The summed E-state index contributed by atoms with van der Waals surface area (Å²) in [5.41, 5.74) is 3.84. The summed E-state index contributed by atoms with van der Waals surface area (Å²) in [5, 5.41) is 2.15. The van der Waals surface area contributed by atoms with E-state index in [1.54, 1.807) is 0 Å². The maximum absolute atomic E-state index is 12.5. The Morgan fingerprint density at radius 2 is 2.21 bits per heavy atom. The third-order valence-corrected chi connectivity index (χ3v) is 8.14. The second-order valence-electron chi connectivity index (χ2n) is 6.77. The van der Waals surface area contributed by atoms with E-state index in [0.29, 0.717) is 12.3 Å². The highest BCUT2D eigenvalue weighted by Crippen LogP contribution is 2.40. The van der Waals surface area contributed by atoms with Gasteiger partial charge in [0, 0.05) is 40.6 Å². The van der Waals surface area contributed by atoms with Gasteiger partial charge in [-0.25, -0.2) is 0 Å². The van der Waals surface area contributed by atoms with E-state index < -0.39 is 0 Å². The molecule has 1 fully saturated rings. The van der Waals surface area contributed by atoms with E-state index in [2.05, 4.69) is 29.2 Å². The second-order valence-corrected chi connectivity index (χ2v) is 9.56. The molecular weight excluding hydrogens is 336 g/mol.